The summed E-state index contributed by atoms with van der Waals surface area (Å²) < 4.78 is 5.27. The lowest BCUT2D eigenvalue weighted by Crippen LogP contribution is -2.36. The molecule has 266 valence electrons. The number of ketones is 4. The second-order valence-electron chi connectivity index (χ2n) is 13.2. The first kappa shape index (κ1) is 38.3. The molecule has 0 radical (unpaired) electrons. The topological polar surface area (TPSA) is 142 Å². The first-order valence-electron chi connectivity index (χ1n) is 16.2. The Bertz CT molecular complexity index is 1820. The zero-order chi connectivity index (χ0) is 36.7. The number of carbonyl (C=O) groups is 5. The van der Waals surface area contributed by atoms with Gasteiger partial charge in [-0.25, -0.2) is 14.8 Å². The van der Waals surface area contributed by atoms with E-state index in [9.17, 15) is 24.0 Å². The van der Waals surface area contributed by atoms with Gasteiger partial charge in [0.15, 0.2) is 11.6 Å². The van der Waals surface area contributed by atoms with Crippen LogP contribution in [0.1, 0.15) is 83.1 Å². The Morgan fingerprint density at radius 3 is 1.98 bits per heavy atom. The molecule has 0 saturated carbocycles. The van der Waals surface area contributed by atoms with E-state index in [1.807, 2.05) is 77.0 Å². The molecule has 50 heavy (non-hydrogen) atoms. The number of allylic oxidation sites excluding steroid dienone is 4. The van der Waals surface area contributed by atoms with Crippen molar-refractivity contribution in [2.24, 2.45) is 0 Å². The number of nitrogens with zero attached hydrogens (tertiary/aromatic N) is 5. The predicted molar refractivity (Wildman–Crippen MR) is 194 cm³/mol. The Kier molecular flexibility index (Phi) is 12.6. The molecule has 2 aliphatic rings. The van der Waals surface area contributed by atoms with Gasteiger partial charge in [-0.3, -0.25) is 19.2 Å². The minimum Gasteiger partial charge on any atom is -0.444 e. The van der Waals surface area contributed by atoms with Crippen molar-refractivity contribution in [3.05, 3.63) is 90.6 Å². The van der Waals surface area contributed by atoms with Crippen LogP contribution in [0.25, 0.3) is 0 Å². The third-order valence-electron chi connectivity index (χ3n) is 7.43. The molecular formula is C36H44N6O6S2. The van der Waals surface area contributed by atoms with Crippen LogP contribution in [0.3, 0.4) is 0 Å². The standard InChI is InChI=1S/C19H21N3O2S.C17H23N3O4S/c1-13-20-17-18(24)15(11-16(23)19(17)25-13)22(10-9-21(2)3)12-14-7-5-4-6-8-14;1-10-19-13-14(22)11(9-12(21)15(13)25-10)18-7-6-8-20(5)16(23)24-17(2,3)4/h4-8,11H,9-10,12H2,1-3H3;9,18H,6-8H2,1-5H3. The fraction of sp³-hybridized carbons (Fsp3) is 0.417. The Morgan fingerprint density at radius 1 is 0.820 bits per heavy atom. The molecule has 14 heteroatoms. The summed E-state index contributed by atoms with van der Waals surface area (Å²) in [5.74, 6) is -0.750. The lowest BCUT2D eigenvalue weighted by atomic mass is 10.0. The number of thiazole rings is 2. The van der Waals surface area contributed by atoms with Crippen molar-refractivity contribution in [2.75, 3.05) is 47.3 Å². The third-order valence-corrected chi connectivity index (χ3v) is 9.40. The molecule has 0 aliphatic heterocycles. The minimum absolute atomic E-state index is 0.127. The van der Waals surface area contributed by atoms with Crippen LogP contribution in [0, 0.1) is 13.8 Å². The van der Waals surface area contributed by atoms with Gasteiger partial charge in [0.1, 0.15) is 26.7 Å². The maximum absolute atomic E-state index is 12.9. The SMILES string of the molecule is Cc1nc2c(s1)C(=O)C=C(N(CCN(C)C)Cc1ccccc1)C2=O.Cc1nc2c(s1)C(=O)C=C(NCCCN(C)C(=O)OC(C)(C)C)C2=O. The third kappa shape index (κ3) is 10.0. The minimum atomic E-state index is -0.535. The van der Waals surface area contributed by atoms with Crippen LogP contribution in [0.2, 0.25) is 0 Å². The van der Waals surface area contributed by atoms with Gasteiger partial charge in [-0.2, -0.15) is 0 Å². The average Bonchev–Trinajstić information content (AvgIpc) is 3.65. The number of rotatable bonds is 11. The van der Waals surface area contributed by atoms with Crippen LogP contribution in [0.15, 0.2) is 53.9 Å². The number of benzene rings is 1. The fourth-order valence-corrected chi connectivity index (χ4v) is 6.66. The Hall–Kier alpha value is -4.53. The normalized spacial score (nSPS) is 13.9. The Balaban J connectivity index is 0.000000225. The first-order chi connectivity index (χ1) is 23.5. The number of amides is 1. The molecule has 2 aromatic heterocycles. The summed E-state index contributed by atoms with van der Waals surface area (Å²) in [5, 5.41) is 4.41. The number of fused-ring (bicyclic) bond motifs is 2. The number of hydrogen-bond donors (Lipinski definition) is 1. The van der Waals surface area contributed by atoms with Gasteiger partial charge in [0.05, 0.1) is 21.4 Å². The average molecular weight is 721 g/mol. The molecule has 3 aromatic rings. The van der Waals surface area contributed by atoms with Crippen molar-refractivity contribution in [2.45, 2.75) is 53.2 Å². The number of aromatic nitrogens is 2. The first-order valence-corrected chi connectivity index (χ1v) is 17.8. The van der Waals surface area contributed by atoms with E-state index in [0.717, 1.165) is 17.1 Å². The van der Waals surface area contributed by atoms with Crippen LogP contribution in [-0.4, -0.2) is 107 Å². The Labute approximate surface area is 300 Å². The highest BCUT2D eigenvalue weighted by atomic mass is 32.1. The molecule has 1 N–H and O–H groups in total. The van der Waals surface area contributed by atoms with E-state index < -0.39 is 11.7 Å². The molecule has 2 heterocycles. The zero-order valence-electron chi connectivity index (χ0n) is 29.8. The maximum Gasteiger partial charge on any atom is 0.410 e. The Morgan fingerprint density at radius 2 is 1.40 bits per heavy atom. The molecule has 0 fully saturated rings. The molecule has 2 aliphatic carbocycles. The summed E-state index contributed by atoms with van der Waals surface area (Å²) in [6.07, 6.45) is 3.01. The second-order valence-corrected chi connectivity index (χ2v) is 15.6. The summed E-state index contributed by atoms with van der Waals surface area (Å²) in [4.78, 5) is 76.4. The van der Waals surface area contributed by atoms with E-state index in [1.54, 1.807) is 14.0 Å². The molecule has 0 spiro atoms. The van der Waals surface area contributed by atoms with Crippen LogP contribution < -0.4 is 5.32 Å². The fourth-order valence-electron chi connectivity index (χ4n) is 5.01. The lowest BCUT2D eigenvalue weighted by molar-refractivity contribution is 0.0297. The van der Waals surface area contributed by atoms with Crippen LogP contribution in [0.4, 0.5) is 4.79 Å². The van der Waals surface area contributed by atoms with Crippen molar-refractivity contribution >= 4 is 51.9 Å². The number of carbonyl (C=O) groups excluding carboxylic acids is 5. The quantitative estimate of drug-likeness (QED) is 0.257. The molecule has 0 bridgehead atoms. The monoisotopic (exact) mass is 720 g/mol. The van der Waals surface area contributed by atoms with Crippen LogP contribution in [0.5, 0.6) is 0 Å². The highest BCUT2D eigenvalue weighted by Crippen LogP contribution is 2.29. The number of nitrogens with one attached hydrogen (secondary N) is 1. The number of Topliss-reactive ketones (excluding diaryl/α,β-unsaturated/α-hetero) is 2. The predicted octanol–water partition coefficient (Wildman–Crippen LogP) is 5.34. The van der Waals surface area contributed by atoms with Crippen LogP contribution >= 0.6 is 22.7 Å². The van der Waals surface area contributed by atoms with E-state index in [0.29, 0.717) is 58.8 Å². The van der Waals surface area contributed by atoms with Crippen molar-refractivity contribution in [3.63, 3.8) is 0 Å². The number of likely N-dealkylation sites (N-methyl/N-ethyl adjacent to an activating group) is 1. The molecule has 0 saturated heterocycles. The summed E-state index contributed by atoms with van der Waals surface area (Å²) in [7, 11) is 5.64. The zero-order valence-corrected chi connectivity index (χ0v) is 31.4. The van der Waals surface area contributed by atoms with Gasteiger partial charge < -0.3 is 24.8 Å². The van der Waals surface area contributed by atoms with Crippen molar-refractivity contribution in [3.8, 4) is 0 Å². The molecule has 12 nitrogen and oxygen atoms in total. The molecule has 1 aromatic carbocycles. The number of hydrogen-bond acceptors (Lipinski definition) is 13. The van der Waals surface area contributed by atoms with E-state index in [2.05, 4.69) is 20.2 Å². The van der Waals surface area contributed by atoms with Crippen molar-refractivity contribution < 1.29 is 28.7 Å². The van der Waals surface area contributed by atoms with Gasteiger partial charge >= 0.3 is 6.09 Å². The van der Waals surface area contributed by atoms with Gasteiger partial charge in [-0.15, -0.1) is 22.7 Å². The van der Waals surface area contributed by atoms with E-state index >= 15 is 0 Å². The van der Waals surface area contributed by atoms with E-state index in [4.69, 9.17) is 4.74 Å². The van der Waals surface area contributed by atoms with Gasteiger partial charge in [-0.1, -0.05) is 30.3 Å². The van der Waals surface area contributed by atoms with Gasteiger partial charge in [0, 0.05) is 51.9 Å². The van der Waals surface area contributed by atoms with Crippen molar-refractivity contribution in [1.82, 2.24) is 30.0 Å². The molecule has 1 amide bonds. The van der Waals surface area contributed by atoms with Crippen LogP contribution in [-0.2, 0) is 11.3 Å². The summed E-state index contributed by atoms with van der Waals surface area (Å²) in [6, 6.07) is 9.97. The molecule has 5 rings (SSSR count). The van der Waals surface area contributed by atoms with Gasteiger partial charge in [0.2, 0.25) is 11.6 Å². The van der Waals surface area contributed by atoms with Gasteiger partial charge in [0.25, 0.3) is 0 Å². The smallest absolute Gasteiger partial charge is 0.410 e. The lowest BCUT2D eigenvalue weighted by Gasteiger charge is -2.29. The highest BCUT2D eigenvalue weighted by molar-refractivity contribution is 7.14. The van der Waals surface area contributed by atoms with E-state index in [-0.39, 0.29) is 34.5 Å². The number of aryl methyl sites for hydroxylation is 2. The maximum atomic E-state index is 12.9. The summed E-state index contributed by atoms with van der Waals surface area (Å²) in [5.41, 5.74) is 1.78. The second kappa shape index (κ2) is 16.5. The summed E-state index contributed by atoms with van der Waals surface area (Å²) >= 11 is 2.52. The van der Waals surface area contributed by atoms with E-state index in [1.165, 1.54) is 39.7 Å². The molecular weight excluding hydrogens is 677 g/mol. The van der Waals surface area contributed by atoms with Crippen molar-refractivity contribution in [1.29, 1.82) is 0 Å². The summed E-state index contributed by atoms with van der Waals surface area (Å²) in [6.45, 7) is 12.0. The molecule has 0 atom stereocenters. The number of ether oxygens (including phenoxy) is 1. The van der Waals surface area contributed by atoms with Gasteiger partial charge in [-0.05, 0) is 60.7 Å². The largest absolute Gasteiger partial charge is 0.444 e. The molecule has 0 unspecified atom stereocenters. The highest BCUT2D eigenvalue weighted by Gasteiger charge is 2.32.